The summed E-state index contributed by atoms with van der Waals surface area (Å²) < 4.78 is 25.2. The minimum Gasteiger partial charge on any atom is -0.477 e. The lowest BCUT2D eigenvalue weighted by Crippen LogP contribution is -2.37. The summed E-state index contributed by atoms with van der Waals surface area (Å²) in [4.78, 5) is 21.7. The number of primary amides is 1. The number of carboxylic acid groups (broad SMARTS) is 1. The van der Waals surface area contributed by atoms with Gasteiger partial charge in [-0.25, -0.2) is 13.2 Å². The molecule has 19 heavy (non-hydrogen) atoms. The number of carboxylic acids is 1. The second-order valence-electron chi connectivity index (χ2n) is 3.78. The van der Waals surface area contributed by atoms with Crippen molar-refractivity contribution in [3.63, 3.8) is 0 Å². The zero-order valence-electron chi connectivity index (χ0n) is 10.4. The highest BCUT2D eigenvalue weighted by atomic mass is 32.2. The number of likely N-dealkylation sites (N-methyl/N-ethyl adjacent to an activating group) is 1. The summed E-state index contributed by atoms with van der Waals surface area (Å²) >= 11 is 0.664. The number of thiophene rings is 1. The van der Waals surface area contributed by atoms with Crippen molar-refractivity contribution in [2.24, 2.45) is 5.73 Å². The number of nitrogens with zero attached hydrogens (tertiary/aromatic N) is 1. The molecule has 3 N–H and O–H groups in total. The predicted molar refractivity (Wildman–Crippen MR) is 69.6 cm³/mol. The molecule has 0 atom stereocenters. The van der Waals surface area contributed by atoms with Gasteiger partial charge in [0.2, 0.25) is 5.91 Å². The molecule has 7 nitrogen and oxygen atoms in total. The van der Waals surface area contributed by atoms with Crippen molar-refractivity contribution in [3.8, 4) is 0 Å². The molecule has 0 aliphatic rings. The third-order valence-electron chi connectivity index (χ3n) is 2.37. The van der Waals surface area contributed by atoms with Crippen LogP contribution >= 0.6 is 11.3 Å². The van der Waals surface area contributed by atoms with Crippen molar-refractivity contribution < 1.29 is 23.1 Å². The molecule has 0 unspecified atom stereocenters. The van der Waals surface area contributed by atoms with Crippen LogP contribution in [-0.2, 0) is 14.8 Å². The molecule has 0 saturated heterocycles. The van der Waals surface area contributed by atoms with E-state index in [0.717, 1.165) is 4.31 Å². The van der Waals surface area contributed by atoms with Crippen LogP contribution in [0.2, 0.25) is 0 Å². The molecule has 0 saturated carbocycles. The molecule has 1 aromatic heterocycles. The molecule has 0 aliphatic carbocycles. The van der Waals surface area contributed by atoms with E-state index >= 15 is 0 Å². The van der Waals surface area contributed by atoms with E-state index in [0.29, 0.717) is 16.9 Å². The van der Waals surface area contributed by atoms with Gasteiger partial charge in [-0.05, 0) is 18.6 Å². The van der Waals surface area contributed by atoms with Crippen LogP contribution in [0.5, 0.6) is 0 Å². The maximum Gasteiger partial charge on any atom is 0.346 e. The molecule has 0 spiro atoms. The Kier molecular flexibility index (Phi) is 4.66. The number of aryl methyl sites for hydroxylation is 1. The normalized spacial score (nSPS) is 11.7. The summed E-state index contributed by atoms with van der Waals surface area (Å²) in [6.07, 6.45) is 0. The first-order valence-corrected chi connectivity index (χ1v) is 7.58. The summed E-state index contributed by atoms with van der Waals surface area (Å²) in [6, 6.07) is 1.28. The first-order valence-electron chi connectivity index (χ1n) is 5.32. The first-order chi connectivity index (χ1) is 8.70. The van der Waals surface area contributed by atoms with Crippen molar-refractivity contribution in [1.29, 1.82) is 0 Å². The SMILES string of the molecule is CCN(CC(N)=O)S(=O)(=O)c1cc(C)c(C(=O)O)s1. The predicted octanol–water partition coefficient (Wildman–Crippen LogP) is 0.251. The lowest BCUT2D eigenvalue weighted by atomic mass is 10.3. The van der Waals surface area contributed by atoms with Crippen LogP contribution in [0.4, 0.5) is 0 Å². The van der Waals surface area contributed by atoms with Gasteiger partial charge in [0.1, 0.15) is 9.09 Å². The van der Waals surface area contributed by atoms with Gasteiger partial charge in [0, 0.05) is 6.54 Å². The van der Waals surface area contributed by atoms with E-state index in [2.05, 4.69) is 0 Å². The largest absolute Gasteiger partial charge is 0.477 e. The molecule has 0 aromatic carbocycles. The average Bonchev–Trinajstić information content (AvgIpc) is 2.68. The van der Waals surface area contributed by atoms with Crippen LogP contribution in [0, 0.1) is 6.92 Å². The van der Waals surface area contributed by atoms with Crippen LogP contribution in [0.1, 0.15) is 22.2 Å². The zero-order chi connectivity index (χ0) is 14.8. The topological polar surface area (TPSA) is 118 Å². The number of hydrogen-bond donors (Lipinski definition) is 2. The van der Waals surface area contributed by atoms with E-state index in [-0.39, 0.29) is 15.6 Å². The van der Waals surface area contributed by atoms with Gasteiger partial charge < -0.3 is 10.8 Å². The van der Waals surface area contributed by atoms with Crippen LogP contribution < -0.4 is 5.73 Å². The molecule has 0 radical (unpaired) electrons. The monoisotopic (exact) mass is 306 g/mol. The second-order valence-corrected chi connectivity index (χ2v) is 7.00. The number of hydrogen-bond acceptors (Lipinski definition) is 5. The van der Waals surface area contributed by atoms with Gasteiger partial charge >= 0.3 is 5.97 Å². The molecule has 1 aromatic rings. The second kappa shape index (κ2) is 5.68. The van der Waals surface area contributed by atoms with Gasteiger partial charge in [-0.15, -0.1) is 11.3 Å². The third kappa shape index (κ3) is 3.31. The van der Waals surface area contributed by atoms with Crippen molar-refractivity contribution in [2.45, 2.75) is 18.1 Å². The fourth-order valence-electron chi connectivity index (χ4n) is 1.46. The first kappa shape index (κ1) is 15.6. The highest BCUT2D eigenvalue weighted by molar-refractivity contribution is 7.91. The molecule has 0 aliphatic heterocycles. The average molecular weight is 306 g/mol. The highest BCUT2D eigenvalue weighted by Gasteiger charge is 2.28. The number of sulfonamides is 1. The molecule has 0 fully saturated rings. The Hall–Kier alpha value is -1.45. The number of rotatable bonds is 6. The summed E-state index contributed by atoms with van der Waals surface area (Å²) in [5, 5.41) is 8.91. The van der Waals surface area contributed by atoms with Crippen molar-refractivity contribution in [1.82, 2.24) is 4.31 Å². The minimum absolute atomic E-state index is 0.0336. The molecule has 9 heteroatoms. The maximum atomic E-state index is 12.2. The van der Waals surface area contributed by atoms with E-state index < -0.39 is 28.4 Å². The molecule has 1 amide bonds. The molecule has 1 heterocycles. The molecule has 1 rings (SSSR count). The van der Waals surface area contributed by atoms with Crippen LogP contribution in [0.3, 0.4) is 0 Å². The molecule has 0 bridgehead atoms. The van der Waals surface area contributed by atoms with Crippen molar-refractivity contribution in [3.05, 3.63) is 16.5 Å². The van der Waals surface area contributed by atoms with Gasteiger partial charge in [-0.1, -0.05) is 6.92 Å². The van der Waals surface area contributed by atoms with E-state index in [1.54, 1.807) is 6.92 Å². The Labute approximate surface area is 114 Å². The van der Waals surface area contributed by atoms with E-state index in [9.17, 15) is 18.0 Å². The smallest absolute Gasteiger partial charge is 0.346 e. The van der Waals surface area contributed by atoms with Gasteiger partial charge in [-0.2, -0.15) is 4.31 Å². The Morgan fingerprint density at radius 2 is 2.05 bits per heavy atom. The van der Waals surface area contributed by atoms with Gasteiger partial charge in [0.05, 0.1) is 6.54 Å². The van der Waals surface area contributed by atoms with Crippen LogP contribution in [-0.4, -0.2) is 42.8 Å². The number of carbonyl (C=O) groups excluding carboxylic acids is 1. The van der Waals surface area contributed by atoms with Crippen LogP contribution in [0.25, 0.3) is 0 Å². The number of aromatic carboxylic acids is 1. The Bertz CT molecular complexity index is 605. The lowest BCUT2D eigenvalue weighted by Gasteiger charge is -2.17. The third-order valence-corrected chi connectivity index (χ3v) is 5.96. The molecular weight excluding hydrogens is 292 g/mol. The number of amides is 1. The van der Waals surface area contributed by atoms with Gasteiger partial charge in [0.15, 0.2) is 0 Å². The van der Waals surface area contributed by atoms with E-state index in [4.69, 9.17) is 10.8 Å². The fraction of sp³-hybridized carbons (Fsp3) is 0.400. The Balaban J connectivity index is 3.22. The number of nitrogens with two attached hydrogens (primary N) is 1. The summed E-state index contributed by atoms with van der Waals surface area (Å²) in [6.45, 7) is 2.73. The number of carbonyl (C=O) groups is 2. The molecular formula is C10H14N2O5S2. The fourth-order valence-corrected chi connectivity index (χ4v) is 4.41. The Morgan fingerprint density at radius 3 is 2.42 bits per heavy atom. The zero-order valence-corrected chi connectivity index (χ0v) is 12.0. The summed E-state index contributed by atoms with van der Waals surface area (Å²) in [7, 11) is -3.89. The standard InChI is InChI=1S/C10H14N2O5S2/c1-3-12(5-7(11)13)19(16,17)8-4-6(2)9(18-8)10(14)15/h4H,3,5H2,1-2H3,(H2,11,13)(H,14,15). The summed E-state index contributed by atoms with van der Waals surface area (Å²) in [5.41, 5.74) is 5.36. The van der Waals surface area contributed by atoms with E-state index in [1.165, 1.54) is 13.0 Å². The van der Waals surface area contributed by atoms with Crippen molar-refractivity contribution >= 4 is 33.2 Å². The minimum atomic E-state index is -3.89. The van der Waals surface area contributed by atoms with Crippen LogP contribution in [0.15, 0.2) is 10.3 Å². The van der Waals surface area contributed by atoms with Gasteiger partial charge in [0.25, 0.3) is 10.0 Å². The highest BCUT2D eigenvalue weighted by Crippen LogP contribution is 2.28. The quantitative estimate of drug-likeness (QED) is 0.781. The van der Waals surface area contributed by atoms with Gasteiger partial charge in [-0.3, -0.25) is 4.79 Å². The van der Waals surface area contributed by atoms with E-state index in [1.807, 2.05) is 0 Å². The summed E-state index contributed by atoms with van der Waals surface area (Å²) in [5.74, 6) is -1.95. The van der Waals surface area contributed by atoms with Crippen molar-refractivity contribution in [2.75, 3.05) is 13.1 Å². The molecule has 106 valence electrons. The Morgan fingerprint density at radius 1 is 1.47 bits per heavy atom. The maximum absolute atomic E-state index is 12.2. The lowest BCUT2D eigenvalue weighted by molar-refractivity contribution is -0.118.